The molecule has 0 aliphatic carbocycles. The summed E-state index contributed by atoms with van der Waals surface area (Å²) >= 11 is 4.12. The molecule has 0 aliphatic rings. The minimum atomic E-state index is -0.527. The van der Waals surface area contributed by atoms with Gasteiger partial charge < -0.3 is 5.32 Å². The van der Waals surface area contributed by atoms with Crippen molar-refractivity contribution in [3.8, 4) is 11.8 Å². The van der Waals surface area contributed by atoms with Gasteiger partial charge in [0, 0.05) is 19.9 Å². The predicted octanol–water partition coefficient (Wildman–Crippen LogP) is 3.13. The molecule has 114 valence electrons. The number of thiol groups is 1. The normalized spacial score (nSPS) is 11.3. The number of carbonyl (C=O) groups is 2. The first kappa shape index (κ1) is 19.1. The van der Waals surface area contributed by atoms with Crippen LogP contribution in [-0.4, -0.2) is 23.5 Å². The highest BCUT2D eigenvalue weighted by Gasteiger charge is 2.11. The average Bonchev–Trinajstić information content (AvgIpc) is 2.42. The molecular weight excluding hydrogens is 270 g/mol. The van der Waals surface area contributed by atoms with Crippen molar-refractivity contribution in [2.24, 2.45) is 0 Å². The lowest BCUT2D eigenvalue weighted by molar-refractivity contribution is -0.119. The summed E-state index contributed by atoms with van der Waals surface area (Å²) in [5, 5.41) is 2.03. The molecule has 0 bridgehead atoms. The molecule has 1 amide bonds. The summed E-state index contributed by atoms with van der Waals surface area (Å²) in [5.74, 6) is 5.12. The van der Waals surface area contributed by atoms with Gasteiger partial charge in [0.15, 0.2) is 0 Å². The lowest BCUT2D eigenvalue weighted by atomic mass is 10.1. The number of ketones is 1. The summed E-state index contributed by atoms with van der Waals surface area (Å²) in [7, 11) is 0. The number of nitrogens with one attached hydrogen (secondary N) is 1. The Morgan fingerprint density at radius 3 is 2.30 bits per heavy atom. The summed E-state index contributed by atoms with van der Waals surface area (Å²) in [4.78, 5) is 22.3. The molecule has 0 radical (unpaired) electrons. The SMILES string of the molecule is CCCCCCCCCC#CC(=O)C(S)CNC(C)=O. The Labute approximate surface area is 128 Å². The molecule has 0 aromatic heterocycles. The van der Waals surface area contributed by atoms with Gasteiger partial charge in [-0.15, -0.1) is 0 Å². The van der Waals surface area contributed by atoms with Crippen molar-refractivity contribution < 1.29 is 9.59 Å². The number of rotatable bonds is 10. The first-order valence-electron chi connectivity index (χ1n) is 7.53. The summed E-state index contributed by atoms with van der Waals surface area (Å²) < 4.78 is 0. The first-order valence-corrected chi connectivity index (χ1v) is 8.04. The third-order valence-corrected chi connectivity index (χ3v) is 3.38. The highest BCUT2D eigenvalue weighted by Crippen LogP contribution is 2.07. The van der Waals surface area contributed by atoms with Gasteiger partial charge in [-0.3, -0.25) is 9.59 Å². The van der Waals surface area contributed by atoms with Crippen LogP contribution in [0.15, 0.2) is 0 Å². The van der Waals surface area contributed by atoms with Gasteiger partial charge in [-0.1, -0.05) is 51.4 Å². The van der Waals surface area contributed by atoms with Crippen LogP contribution in [0.25, 0.3) is 0 Å². The quantitative estimate of drug-likeness (QED) is 0.282. The zero-order chi connectivity index (χ0) is 15.2. The molecule has 0 aromatic carbocycles. The fraction of sp³-hybridized carbons (Fsp3) is 0.750. The van der Waals surface area contributed by atoms with Crippen LogP contribution in [-0.2, 0) is 9.59 Å². The van der Waals surface area contributed by atoms with E-state index in [0.717, 1.165) is 12.8 Å². The molecule has 0 saturated heterocycles. The van der Waals surface area contributed by atoms with E-state index in [9.17, 15) is 9.59 Å². The zero-order valence-corrected chi connectivity index (χ0v) is 13.6. The second-order valence-corrected chi connectivity index (χ2v) is 5.61. The van der Waals surface area contributed by atoms with Crippen molar-refractivity contribution in [2.75, 3.05) is 6.54 Å². The van der Waals surface area contributed by atoms with Crippen LogP contribution >= 0.6 is 12.6 Å². The standard InChI is InChI=1S/C16H27NO2S/c1-3-4-5-6-7-8-9-10-11-12-15(19)16(20)13-17-14(2)18/h16,20H,3-10,13H2,1-2H3,(H,17,18). The molecule has 20 heavy (non-hydrogen) atoms. The Hall–Kier alpha value is -0.950. The highest BCUT2D eigenvalue weighted by atomic mass is 32.1. The van der Waals surface area contributed by atoms with E-state index < -0.39 is 5.25 Å². The first-order chi connectivity index (χ1) is 9.57. The summed E-state index contributed by atoms with van der Waals surface area (Å²) in [5.41, 5.74) is 0. The molecule has 1 N–H and O–H groups in total. The minimum absolute atomic E-state index is 0.159. The van der Waals surface area contributed by atoms with Gasteiger partial charge in [0.25, 0.3) is 0 Å². The Balaban J connectivity index is 3.59. The number of amides is 1. The molecule has 0 spiro atoms. The van der Waals surface area contributed by atoms with Crippen LogP contribution in [0.1, 0.15) is 65.2 Å². The third-order valence-electron chi connectivity index (χ3n) is 2.96. The molecule has 0 aliphatic heterocycles. The molecule has 0 aromatic rings. The van der Waals surface area contributed by atoms with Crippen LogP contribution < -0.4 is 5.32 Å². The van der Waals surface area contributed by atoms with E-state index in [1.807, 2.05) is 0 Å². The fourth-order valence-electron chi connectivity index (χ4n) is 1.74. The van der Waals surface area contributed by atoms with Crippen molar-refractivity contribution >= 4 is 24.3 Å². The van der Waals surface area contributed by atoms with E-state index in [1.54, 1.807) is 0 Å². The molecule has 0 saturated carbocycles. The maximum atomic E-state index is 11.6. The topological polar surface area (TPSA) is 46.2 Å². The summed E-state index contributed by atoms with van der Waals surface area (Å²) in [6.07, 6.45) is 9.48. The Morgan fingerprint density at radius 1 is 1.10 bits per heavy atom. The second-order valence-electron chi connectivity index (χ2n) is 4.99. The van der Waals surface area contributed by atoms with E-state index in [1.165, 1.54) is 45.4 Å². The van der Waals surface area contributed by atoms with Gasteiger partial charge in [0.1, 0.15) is 0 Å². The van der Waals surface area contributed by atoms with Crippen LogP contribution in [0.4, 0.5) is 0 Å². The van der Waals surface area contributed by atoms with Gasteiger partial charge in [-0.05, 0) is 12.3 Å². The van der Waals surface area contributed by atoms with Crippen LogP contribution in [0.3, 0.4) is 0 Å². The number of unbranched alkanes of at least 4 members (excludes halogenated alkanes) is 7. The van der Waals surface area contributed by atoms with Crippen LogP contribution in [0, 0.1) is 11.8 Å². The Morgan fingerprint density at radius 2 is 1.70 bits per heavy atom. The van der Waals surface area contributed by atoms with Gasteiger partial charge in [-0.2, -0.15) is 12.6 Å². The molecule has 1 unspecified atom stereocenters. The number of Topliss-reactive ketones (excluding diaryl/α,β-unsaturated/α-hetero) is 1. The third kappa shape index (κ3) is 12.1. The lowest BCUT2D eigenvalue weighted by Crippen LogP contribution is -2.31. The number of hydrogen-bond donors (Lipinski definition) is 2. The van der Waals surface area contributed by atoms with Crippen LogP contribution in [0.2, 0.25) is 0 Å². The predicted molar refractivity (Wildman–Crippen MR) is 86.9 cm³/mol. The Kier molecular flexibility index (Phi) is 12.4. The minimum Gasteiger partial charge on any atom is -0.355 e. The molecule has 0 heterocycles. The van der Waals surface area contributed by atoms with Gasteiger partial charge in [0.05, 0.1) is 5.25 Å². The molecule has 0 rings (SSSR count). The van der Waals surface area contributed by atoms with Gasteiger partial charge in [0.2, 0.25) is 11.7 Å². The van der Waals surface area contributed by atoms with E-state index in [2.05, 4.69) is 36.7 Å². The van der Waals surface area contributed by atoms with Gasteiger partial charge >= 0.3 is 0 Å². The number of carbonyl (C=O) groups excluding carboxylic acids is 2. The summed E-state index contributed by atoms with van der Waals surface area (Å²) in [6, 6.07) is 0. The molecular formula is C16H27NO2S. The largest absolute Gasteiger partial charge is 0.355 e. The Bertz CT molecular complexity index is 344. The van der Waals surface area contributed by atoms with Crippen molar-refractivity contribution in [1.82, 2.24) is 5.32 Å². The van der Waals surface area contributed by atoms with Crippen molar-refractivity contribution in [3.63, 3.8) is 0 Å². The molecule has 3 nitrogen and oxygen atoms in total. The number of hydrogen-bond acceptors (Lipinski definition) is 3. The van der Waals surface area contributed by atoms with E-state index in [4.69, 9.17) is 0 Å². The average molecular weight is 297 g/mol. The second kappa shape index (κ2) is 13.1. The molecule has 4 heteroatoms. The lowest BCUT2D eigenvalue weighted by Gasteiger charge is -2.05. The van der Waals surface area contributed by atoms with Crippen LogP contribution in [0.5, 0.6) is 0 Å². The smallest absolute Gasteiger partial charge is 0.219 e. The molecule has 0 fully saturated rings. The maximum absolute atomic E-state index is 11.6. The highest BCUT2D eigenvalue weighted by molar-refractivity contribution is 7.81. The fourth-order valence-corrected chi connectivity index (χ4v) is 1.89. The summed E-state index contributed by atoms with van der Waals surface area (Å²) in [6.45, 7) is 3.87. The monoisotopic (exact) mass is 297 g/mol. The van der Waals surface area contributed by atoms with E-state index in [-0.39, 0.29) is 18.2 Å². The maximum Gasteiger partial charge on any atom is 0.219 e. The van der Waals surface area contributed by atoms with Gasteiger partial charge in [-0.25, -0.2) is 0 Å². The van der Waals surface area contributed by atoms with Crippen molar-refractivity contribution in [1.29, 1.82) is 0 Å². The molecule has 1 atom stereocenters. The van der Waals surface area contributed by atoms with E-state index in [0.29, 0.717) is 0 Å². The van der Waals surface area contributed by atoms with Crippen molar-refractivity contribution in [3.05, 3.63) is 0 Å². The van der Waals surface area contributed by atoms with E-state index >= 15 is 0 Å². The zero-order valence-electron chi connectivity index (χ0n) is 12.7. The van der Waals surface area contributed by atoms with Crippen molar-refractivity contribution in [2.45, 2.75) is 70.5 Å².